The zero-order valence-electron chi connectivity index (χ0n) is 16.5. The SMILES string of the molecule is O=C1CN(c2ccc(CNC(=O)c3ccn(-c4cccc([N+](=O)[O-])c4)n3)cc2)CCN1. The van der Waals surface area contributed by atoms with Crippen LogP contribution in [0.1, 0.15) is 16.1 Å². The molecule has 158 valence electrons. The maximum absolute atomic E-state index is 12.4. The fourth-order valence-electron chi connectivity index (χ4n) is 3.29. The van der Waals surface area contributed by atoms with Crippen molar-refractivity contribution in [2.45, 2.75) is 6.54 Å². The highest BCUT2D eigenvalue weighted by Crippen LogP contribution is 2.17. The number of amides is 2. The van der Waals surface area contributed by atoms with Crippen LogP contribution in [0.5, 0.6) is 0 Å². The molecule has 0 aliphatic carbocycles. The number of carbonyl (C=O) groups excluding carboxylic acids is 2. The van der Waals surface area contributed by atoms with Crippen LogP contribution in [0.2, 0.25) is 0 Å². The zero-order valence-corrected chi connectivity index (χ0v) is 16.5. The molecule has 2 amide bonds. The quantitative estimate of drug-likeness (QED) is 0.462. The molecule has 0 atom stereocenters. The predicted octanol–water partition coefficient (Wildman–Crippen LogP) is 1.65. The molecule has 1 aromatic heterocycles. The number of piperazine rings is 1. The first-order valence-corrected chi connectivity index (χ1v) is 9.69. The molecule has 0 bridgehead atoms. The van der Waals surface area contributed by atoms with E-state index >= 15 is 0 Å². The first-order chi connectivity index (χ1) is 15.0. The molecule has 10 nitrogen and oxygen atoms in total. The maximum Gasteiger partial charge on any atom is 0.272 e. The van der Waals surface area contributed by atoms with E-state index in [0.717, 1.165) is 17.8 Å². The summed E-state index contributed by atoms with van der Waals surface area (Å²) in [5.41, 5.74) is 2.53. The standard InChI is InChI=1S/C21H20N6O4/c28-20-14-25(11-9-22-20)16-6-4-15(5-7-16)13-23-21(29)19-8-10-26(24-19)17-2-1-3-18(12-17)27(30)31/h1-8,10,12H,9,11,13-14H2,(H,22,28)(H,23,29). The summed E-state index contributed by atoms with van der Waals surface area (Å²) in [6.45, 7) is 2.04. The van der Waals surface area contributed by atoms with E-state index in [-0.39, 0.29) is 23.2 Å². The Morgan fingerprint density at radius 1 is 1.16 bits per heavy atom. The molecule has 0 spiro atoms. The van der Waals surface area contributed by atoms with Gasteiger partial charge in [-0.05, 0) is 29.8 Å². The molecule has 4 rings (SSSR count). The van der Waals surface area contributed by atoms with Gasteiger partial charge in [-0.15, -0.1) is 0 Å². The number of hydrogen-bond donors (Lipinski definition) is 2. The molecule has 1 saturated heterocycles. The van der Waals surface area contributed by atoms with Crippen molar-refractivity contribution in [3.63, 3.8) is 0 Å². The molecule has 3 aromatic rings. The minimum atomic E-state index is -0.480. The van der Waals surface area contributed by atoms with E-state index in [1.807, 2.05) is 29.2 Å². The number of rotatable bonds is 6. The van der Waals surface area contributed by atoms with Crippen LogP contribution in [0.25, 0.3) is 5.69 Å². The summed E-state index contributed by atoms with van der Waals surface area (Å²) in [5.74, 6) is -0.340. The smallest absolute Gasteiger partial charge is 0.272 e. The summed E-state index contributed by atoms with van der Waals surface area (Å²) in [6.07, 6.45) is 1.58. The van der Waals surface area contributed by atoms with Gasteiger partial charge in [-0.2, -0.15) is 5.10 Å². The van der Waals surface area contributed by atoms with Crippen LogP contribution in [0.4, 0.5) is 11.4 Å². The van der Waals surface area contributed by atoms with Gasteiger partial charge in [-0.25, -0.2) is 4.68 Å². The van der Waals surface area contributed by atoms with Gasteiger partial charge in [-0.3, -0.25) is 19.7 Å². The Hall–Kier alpha value is -4.21. The fraction of sp³-hybridized carbons (Fsp3) is 0.190. The van der Waals surface area contributed by atoms with E-state index in [2.05, 4.69) is 15.7 Å². The summed E-state index contributed by atoms with van der Waals surface area (Å²) in [6, 6.07) is 15.2. The minimum absolute atomic E-state index is 0.00661. The lowest BCUT2D eigenvalue weighted by Gasteiger charge is -2.28. The lowest BCUT2D eigenvalue weighted by Crippen LogP contribution is -2.47. The van der Waals surface area contributed by atoms with Gasteiger partial charge in [0.05, 0.1) is 17.2 Å². The lowest BCUT2D eigenvalue weighted by molar-refractivity contribution is -0.384. The second-order valence-electron chi connectivity index (χ2n) is 7.04. The van der Waals surface area contributed by atoms with E-state index in [4.69, 9.17) is 0 Å². The van der Waals surface area contributed by atoms with Gasteiger partial charge in [0.25, 0.3) is 11.6 Å². The van der Waals surface area contributed by atoms with E-state index < -0.39 is 4.92 Å². The maximum atomic E-state index is 12.4. The number of non-ortho nitro benzene ring substituents is 1. The molecular formula is C21H20N6O4. The van der Waals surface area contributed by atoms with Crippen LogP contribution in [0.3, 0.4) is 0 Å². The van der Waals surface area contributed by atoms with E-state index in [1.165, 1.54) is 16.8 Å². The average molecular weight is 420 g/mol. The Bertz CT molecular complexity index is 1120. The number of nitro benzene ring substituents is 1. The monoisotopic (exact) mass is 420 g/mol. The number of aromatic nitrogens is 2. The normalized spacial score (nSPS) is 13.5. The molecule has 2 N–H and O–H groups in total. The van der Waals surface area contributed by atoms with Crippen LogP contribution < -0.4 is 15.5 Å². The number of nitro groups is 1. The Kier molecular flexibility index (Phi) is 5.61. The second-order valence-corrected chi connectivity index (χ2v) is 7.04. The van der Waals surface area contributed by atoms with Gasteiger partial charge in [0, 0.05) is 43.7 Å². The van der Waals surface area contributed by atoms with Gasteiger partial charge < -0.3 is 15.5 Å². The zero-order chi connectivity index (χ0) is 21.8. The molecule has 0 radical (unpaired) electrons. The van der Waals surface area contributed by atoms with Crippen LogP contribution in [0.15, 0.2) is 60.8 Å². The van der Waals surface area contributed by atoms with E-state index in [1.54, 1.807) is 24.4 Å². The number of hydrogen-bond acceptors (Lipinski definition) is 6. The van der Waals surface area contributed by atoms with Gasteiger partial charge in [-0.1, -0.05) is 18.2 Å². The van der Waals surface area contributed by atoms with Crippen LogP contribution in [-0.2, 0) is 11.3 Å². The Labute approximate surface area is 177 Å². The molecule has 1 aliphatic rings. The third-order valence-corrected chi connectivity index (χ3v) is 4.92. The van der Waals surface area contributed by atoms with E-state index in [9.17, 15) is 19.7 Å². The van der Waals surface area contributed by atoms with Crippen molar-refractivity contribution in [1.29, 1.82) is 0 Å². The first kappa shape index (κ1) is 20.1. The summed E-state index contributed by atoms with van der Waals surface area (Å²) >= 11 is 0. The number of benzene rings is 2. The molecule has 0 saturated carbocycles. The average Bonchev–Trinajstić information content (AvgIpc) is 3.28. The second kappa shape index (κ2) is 8.66. The van der Waals surface area contributed by atoms with Crippen molar-refractivity contribution in [2.24, 2.45) is 0 Å². The number of anilines is 1. The van der Waals surface area contributed by atoms with Gasteiger partial charge in [0.15, 0.2) is 5.69 Å². The summed E-state index contributed by atoms with van der Waals surface area (Å²) in [5, 5.41) is 20.8. The summed E-state index contributed by atoms with van der Waals surface area (Å²) < 4.78 is 1.42. The van der Waals surface area contributed by atoms with Crippen LogP contribution >= 0.6 is 0 Å². The highest BCUT2D eigenvalue weighted by atomic mass is 16.6. The molecule has 10 heteroatoms. The van der Waals surface area contributed by atoms with Crippen molar-refractivity contribution in [1.82, 2.24) is 20.4 Å². The lowest BCUT2D eigenvalue weighted by atomic mass is 10.2. The molecule has 0 unspecified atom stereocenters. The van der Waals surface area contributed by atoms with Gasteiger partial charge in [0.1, 0.15) is 0 Å². The Morgan fingerprint density at radius 2 is 1.97 bits per heavy atom. The van der Waals surface area contributed by atoms with Gasteiger partial charge >= 0.3 is 0 Å². The molecular weight excluding hydrogens is 400 g/mol. The van der Waals surface area contributed by atoms with E-state index in [0.29, 0.717) is 25.3 Å². The minimum Gasteiger partial charge on any atom is -0.360 e. The summed E-state index contributed by atoms with van der Waals surface area (Å²) in [7, 11) is 0. The number of nitrogens with one attached hydrogen (secondary N) is 2. The summed E-state index contributed by atoms with van der Waals surface area (Å²) in [4.78, 5) is 36.4. The molecule has 1 aliphatic heterocycles. The Balaban J connectivity index is 1.36. The molecule has 1 fully saturated rings. The topological polar surface area (TPSA) is 122 Å². The number of carbonyl (C=O) groups is 2. The fourth-order valence-corrected chi connectivity index (χ4v) is 3.29. The van der Waals surface area contributed by atoms with Crippen molar-refractivity contribution < 1.29 is 14.5 Å². The van der Waals surface area contributed by atoms with Gasteiger partial charge in [0.2, 0.25) is 5.91 Å². The van der Waals surface area contributed by atoms with Crippen LogP contribution in [-0.4, -0.2) is 46.2 Å². The van der Waals surface area contributed by atoms with Crippen molar-refractivity contribution in [2.75, 3.05) is 24.5 Å². The van der Waals surface area contributed by atoms with Crippen molar-refractivity contribution >= 4 is 23.2 Å². The molecule has 31 heavy (non-hydrogen) atoms. The molecule has 2 aromatic carbocycles. The van der Waals surface area contributed by atoms with Crippen molar-refractivity contribution in [3.8, 4) is 5.69 Å². The Morgan fingerprint density at radius 3 is 2.71 bits per heavy atom. The molecule has 2 heterocycles. The largest absolute Gasteiger partial charge is 0.360 e. The first-order valence-electron chi connectivity index (χ1n) is 9.69. The van der Waals surface area contributed by atoms with Crippen molar-refractivity contribution in [3.05, 3.63) is 82.2 Å². The predicted molar refractivity (Wildman–Crippen MR) is 113 cm³/mol. The third-order valence-electron chi connectivity index (χ3n) is 4.92. The van der Waals surface area contributed by atoms with Crippen LogP contribution in [0, 0.1) is 10.1 Å². The third kappa shape index (κ3) is 4.69. The highest BCUT2D eigenvalue weighted by Gasteiger charge is 2.16. The number of nitrogens with zero attached hydrogens (tertiary/aromatic N) is 4. The highest BCUT2D eigenvalue weighted by molar-refractivity contribution is 5.92.